The van der Waals surface area contributed by atoms with Crippen LogP contribution in [0.1, 0.15) is 16.7 Å². The summed E-state index contributed by atoms with van der Waals surface area (Å²) in [6.07, 6.45) is 0.834. The predicted octanol–water partition coefficient (Wildman–Crippen LogP) is 5.58. The van der Waals surface area contributed by atoms with E-state index in [1.165, 1.54) is 27.8 Å². The van der Waals surface area contributed by atoms with Crippen molar-refractivity contribution in [3.05, 3.63) is 105 Å². The summed E-state index contributed by atoms with van der Waals surface area (Å²) in [5.41, 5.74) is 4.58. The predicted molar refractivity (Wildman–Crippen MR) is 129 cm³/mol. The number of halogens is 1. The summed E-state index contributed by atoms with van der Waals surface area (Å²) in [5, 5.41) is 0.483. The number of aryl methyl sites for hydroxylation is 1. The molecule has 0 saturated heterocycles. The minimum Gasteiger partial charge on any atom is -0.361 e. The van der Waals surface area contributed by atoms with Crippen molar-refractivity contribution in [2.24, 2.45) is 0 Å². The Morgan fingerprint density at radius 2 is 1.62 bits per heavy atom. The molecule has 0 spiro atoms. The van der Waals surface area contributed by atoms with Gasteiger partial charge in [0.25, 0.3) is 11.8 Å². The molecule has 6 heteroatoms. The Hall–Kier alpha value is -3.02. The van der Waals surface area contributed by atoms with Crippen molar-refractivity contribution in [3.63, 3.8) is 0 Å². The minimum absolute atomic E-state index is 0.300. The van der Waals surface area contributed by atoms with E-state index in [1.54, 1.807) is 24.3 Å². The summed E-state index contributed by atoms with van der Waals surface area (Å²) < 4.78 is 0. The van der Waals surface area contributed by atoms with Crippen molar-refractivity contribution < 1.29 is 9.59 Å². The monoisotopic (exact) mass is 460 g/mol. The summed E-state index contributed by atoms with van der Waals surface area (Å²) in [6, 6.07) is 23.1. The third-order valence-corrected chi connectivity index (χ3v) is 7.09. The van der Waals surface area contributed by atoms with Crippen LogP contribution in [0.15, 0.2) is 88.3 Å². The van der Waals surface area contributed by atoms with E-state index in [1.807, 2.05) is 48.2 Å². The summed E-state index contributed by atoms with van der Waals surface area (Å²) in [4.78, 5) is 31.9. The fraction of sp³-hybridized carbons (Fsp3) is 0.154. The van der Waals surface area contributed by atoms with Crippen LogP contribution in [0, 0.1) is 6.92 Å². The number of hydrogen-bond donors (Lipinski definition) is 0. The number of rotatable bonds is 4. The van der Waals surface area contributed by atoms with Gasteiger partial charge in [0, 0.05) is 23.0 Å². The van der Waals surface area contributed by atoms with Gasteiger partial charge in [-0.3, -0.25) is 9.59 Å². The standard InChI is InChI=1S/C26H21ClN2O2S/c1-17-9-11-22(12-10-17)32-24-23(28-14-13-18-5-2-3-6-19(18)16-28)25(30)29(26(24)31)21-8-4-7-20(27)15-21/h2-12,15H,13-14,16H2,1H3. The van der Waals surface area contributed by atoms with Crippen molar-refractivity contribution in [1.29, 1.82) is 0 Å². The van der Waals surface area contributed by atoms with E-state index in [2.05, 4.69) is 12.1 Å². The number of imide groups is 1. The highest BCUT2D eigenvalue weighted by atomic mass is 35.5. The lowest BCUT2D eigenvalue weighted by molar-refractivity contribution is -0.121. The normalized spacial score (nSPS) is 16.1. The highest BCUT2D eigenvalue weighted by Gasteiger charge is 2.43. The van der Waals surface area contributed by atoms with Gasteiger partial charge in [-0.25, -0.2) is 4.90 Å². The number of thioether (sulfide) groups is 1. The lowest BCUT2D eigenvalue weighted by Gasteiger charge is -2.31. The molecule has 0 atom stereocenters. The number of amides is 2. The third-order valence-electron chi connectivity index (χ3n) is 5.77. The van der Waals surface area contributed by atoms with Crippen LogP contribution >= 0.6 is 23.4 Å². The van der Waals surface area contributed by atoms with Crippen LogP contribution in [-0.2, 0) is 22.6 Å². The van der Waals surface area contributed by atoms with Gasteiger partial charge in [-0.15, -0.1) is 0 Å². The van der Waals surface area contributed by atoms with Crippen molar-refractivity contribution in [3.8, 4) is 0 Å². The van der Waals surface area contributed by atoms with Crippen LogP contribution in [-0.4, -0.2) is 23.3 Å². The molecule has 160 valence electrons. The molecule has 32 heavy (non-hydrogen) atoms. The lowest BCUT2D eigenvalue weighted by atomic mass is 9.99. The second-order valence-corrected chi connectivity index (χ2v) is 9.48. The Bertz CT molecular complexity index is 1250. The fourth-order valence-corrected chi connectivity index (χ4v) is 5.31. The Balaban J connectivity index is 1.56. The Kier molecular flexibility index (Phi) is 5.53. The molecular formula is C26H21ClN2O2S. The summed E-state index contributed by atoms with van der Waals surface area (Å²) in [6.45, 7) is 3.31. The molecule has 5 rings (SSSR count). The molecule has 2 amide bonds. The van der Waals surface area contributed by atoms with Gasteiger partial charge in [0.15, 0.2) is 0 Å². The number of carbonyl (C=O) groups is 2. The van der Waals surface area contributed by atoms with Crippen LogP contribution in [0.4, 0.5) is 5.69 Å². The van der Waals surface area contributed by atoms with Crippen molar-refractivity contribution in [1.82, 2.24) is 4.90 Å². The average Bonchev–Trinajstić information content (AvgIpc) is 3.04. The highest BCUT2D eigenvalue weighted by molar-refractivity contribution is 8.04. The van der Waals surface area contributed by atoms with Crippen LogP contribution in [0.5, 0.6) is 0 Å². The van der Waals surface area contributed by atoms with Gasteiger partial charge in [-0.2, -0.15) is 0 Å². The van der Waals surface area contributed by atoms with Crippen molar-refractivity contribution in [2.45, 2.75) is 24.8 Å². The third kappa shape index (κ3) is 3.83. The number of hydrogen-bond acceptors (Lipinski definition) is 4. The fourth-order valence-electron chi connectivity index (χ4n) is 4.13. The van der Waals surface area contributed by atoms with E-state index < -0.39 is 0 Å². The smallest absolute Gasteiger partial charge is 0.283 e. The van der Waals surface area contributed by atoms with E-state index in [-0.39, 0.29) is 11.8 Å². The summed E-state index contributed by atoms with van der Waals surface area (Å²) in [5.74, 6) is -0.608. The molecular weight excluding hydrogens is 440 g/mol. The van der Waals surface area contributed by atoms with E-state index >= 15 is 0 Å². The first-order valence-electron chi connectivity index (χ1n) is 10.5. The maximum Gasteiger partial charge on any atom is 0.283 e. The van der Waals surface area contributed by atoms with E-state index in [9.17, 15) is 9.59 Å². The molecule has 4 nitrogen and oxygen atoms in total. The molecule has 0 aliphatic carbocycles. The van der Waals surface area contributed by atoms with Gasteiger partial charge in [-0.1, -0.05) is 71.4 Å². The molecule has 2 aliphatic heterocycles. The number of nitrogens with zero attached hydrogens (tertiary/aromatic N) is 2. The summed E-state index contributed by atoms with van der Waals surface area (Å²) >= 11 is 7.51. The molecule has 0 bridgehead atoms. The van der Waals surface area contributed by atoms with Crippen LogP contribution < -0.4 is 4.90 Å². The first-order valence-corrected chi connectivity index (χ1v) is 11.7. The molecule has 0 aromatic heterocycles. The first kappa shape index (κ1) is 20.9. The topological polar surface area (TPSA) is 40.6 Å². The van der Waals surface area contributed by atoms with Crippen molar-refractivity contribution >= 4 is 40.9 Å². The van der Waals surface area contributed by atoms with Crippen LogP contribution in [0.3, 0.4) is 0 Å². The second kappa shape index (κ2) is 8.49. The quantitative estimate of drug-likeness (QED) is 0.476. The van der Waals surface area contributed by atoms with E-state index in [0.29, 0.717) is 34.4 Å². The largest absolute Gasteiger partial charge is 0.361 e. The molecule has 3 aromatic carbocycles. The number of fused-ring (bicyclic) bond motifs is 1. The first-order chi connectivity index (χ1) is 15.5. The van der Waals surface area contributed by atoms with E-state index in [0.717, 1.165) is 16.9 Å². The minimum atomic E-state index is -0.309. The van der Waals surface area contributed by atoms with E-state index in [4.69, 9.17) is 11.6 Å². The lowest BCUT2D eigenvalue weighted by Crippen LogP contribution is -2.37. The van der Waals surface area contributed by atoms with Gasteiger partial charge in [0.1, 0.15) is 10.6 Å². The SMILES string of the molecule is Cc1ccc(SC2=C(N3CCc4ccccc4C3)C(=O)N(c3cccc(Cl)c3)C2=O)cc1. The summed E-state index contributed by atoms with van der Waals surface area (Å²) in [7, 11) is 0. The zero-order chi connectivity index (χ0) is 22.2. The zero-order valence-corrected chi connectivity index (χ0v) is 19.1. The molecule has 2 aliphatic rings. The number of benzene rings is 3. The molecule has 0 N–H and O–H groups in total. The van der Waals surface area contributed by atoms with Gasteiger partial charge < -0.3 is 4.90 Å². The molecule has 2 heterocycles. The Morgan fingerprint density at radius 1 is 0.875 bits per heavy atom. The highest BCUT2D eigenvalue weighted by Crippen LogP contribution is 2.40. The molecule has 0 saturated carbocycles. The van der Waals surface area contributed by atoms with Gasteiger partial charge in [0.05, 0.1) is 5.69 Å². The maximum absolute atomic E-state index is 13.6. The second-order valence-electron chi connectivity index (χ2n) is 7.96. The molecule has 0 radical (unpaired) electrons. The van der Waals surface area contributed by atoms with Crippen LogP contribution in [0.2, 0.25) is 5.02 Å². The van der Waals surface area contributed by atoms with Crippen molar-refractivity contribution in [2.75, 3.05) is 11.4 Å². The molecule has 0 unspecified atom stereocenters. The molecule has 3 aromatic rings. The Labute approximate surface area is 196 Å². The van der Waals surface area contributed by atoms with Gasteiger partial charge >= 0.3 is 0 Å². The average molecular weight is 461 g/mol. The van der Waals surface area contributed by atoms with Gasteiger partial charge in [-0.05, 0) is 54.8 Å². The number of carbonyl (C=O) groups excluding carboxylic acids is 2. The molecule has 0 fully saturated rings. The van der Waals surface area contributed by atoms with Crippen LogP contribution in [0.25, 0.3) is 0 Å². The van der Waals surface area contributed by atoms with Gasteiger partial charge in [0.2, 0.25) is 0 Å². The Morgan fingerprint density at radius 3 is 2.38 bits per heavy atom. The zero-order valence-electron chi connectivity index (χ0n) is 17.5. The number of anilines is 1. The maximum atomic E-state index is 13.6.